The van der Waals surface area contributed by atoms with Gasteiger partial charge in [0.15, 0.2) is 5.82 Å². The number of aliphatic hydroxyl groups is 1. The SMILES string of the molecule is CC(C)(O)CNc1snc(N)c1C(=O)NC1CC1. The fourth-order valence-electron chi connectivity index (χ4n) is 1.42. The molecule has 5 N–H and O–H groups in total. The molecule has 1 aromatic rings. The second-order valence-corrected chi connectivity index (χ2v) is 5.96. The first kappa shape index (κ1) is 13.1. The van der Waals surface area contributed by atoms with Gasteiger partial charge in [0.2, 0.25) is 0 Å². The van der Waals surface area contributed by atoms with Crippen LogP contribution in [0, 0.1) is 0 Å². The molecule has 1 heterocycles. The highest BCUT2D eigenvalue weighted by Gasteiger charge is 2.27. The van der Waals surface area contributed by atoms with E-state index in [1.165, 1.54) is 0 Å². The Morgan fingerprint density at radius 1 is 1.61 bits per heavy atom. The molecule has 2 rings (SSSR count). The lowest BCUT2D eigenvalue weighted by Gasteiger charge is -2.18. The summed E-state index contributed by atoms with van der Waals surface area (Å²) in [6, 6.07) is 0.277. The second-order valence-electron chi connectivity index (χ2n) is 5.19. The average molecular weight is 270 g/mol. The van der Waals surface area contributed by atoms with Crippen LogP contribution in [-0.4, -0.2) is 33.6 Å². The number of rotatable bonds is 5. The summed E-state index contributed by atoms with van der Waals surface area (Å²) < 4.78 is 3.98. The first-order valence-corrected chi connectivity index (χ1v) is 6.66. The predicted octanol–water partition coefficient (Wildman–Crippen LogP) is 0.800. The molecule has 0 saturated heterocycles. The lowest BCUT2D eigenvalue weighted by atomic mass is 10.1. The lowest BCUT2D eigenvalue weighted by molar-refractivity contribution is 0.0931. The van der Waals surface area contributed by atoms with Gasteiger partial charge in [-0.15, -0.1) is 0 Å². The van der Waals surface area contributed by atoms with Gasteiger partial charge >= 0.3 is 0 Å². The van der Waals surface area contributed by atoms with Gasteiger partial charge < -0.3 is 21.5 Å². The number of carbonyl (C=O) groups excluding carboxylic acids is 1. The highest BCUT2D eigenvalue weighted by molar-refractivity contribution is 7.11. The largest absolute Gasteiger partial charge is 0.389 e. The van der Waals surface area contributed by atoms with E-state index >= 15 is 0 Å². The molecule has 1 aliphatic carbocycles. The Labute approximate surface area is 110 Å². The lowest BCUT2D eigenvalue weighted by Crippen LogP contribution is -2.31. The van der Waals surface area contributed by atoms with Crippen LogP contribution in [0.3, 0.4) is 0 Å². The third-order valence-electron chi connectivity index (χ3n) is 2.54. The zero-order valence-corrected chi connectivity index (χ0v) is 11.3. The molecule has 1 aromatic heterocycles. The topological polar surface area (TPSA) is 100 Å². The maximum Gasteiger partial charge on any atom is 0.258 e. The van der Waals surface area contributed by atoms with Crippen molar-refractivity contribution in [1.82, 2.24) is 9.69 Å². The molecule has 0 bridgehead atoms. The summed E-state index contributed by atoms with van der Waals surface area (Å²) in [5, 5.41) is 16.2. The molecule has 1 amide bonds. The summed E-state index contributed by atoms with van der Waals surface area (Å²) in [4.78, 5) is 12.0. The van der Waals surface area contributed by atoms with E-state index in [0.29, 0.717) is 17.1 Å². The van der Waals surface area contributed by atoms with E-state index < -0.39 is 5.60 Å². The first-order chi connectivity index (χ1) is 8.37. The molecule has 1 aliphatic rings. The monoisotopic (exact) mass is 270 g/mol. The van der Waals surface area contributed by atoms with Crippen LogP contribution in [0.4, 0.5) is 10.8 Å². The van der Waals surface area contributed by atoms with Gasteiger partial charge in [-0.1, -0.05) is 0 Å². The molecule has 100 valence electrons. The van der Waals surface area contributed by atoms with Crippen molar-refractivity contribution in [3.8, 4) is 0 Å². The van der Waals surface area contributed by atoms with Crippen LogP contribution in [0.1, 0.15) is 37.0 Å². The van der Waals surface area contributed by atoms with Crippen molar-refractivity contribution in [3.05, 3.63) is 5.56 Å². The molecule has 0 spiro atoms. The molecule has 6 nitrogen and oxygen atoms in total. The van der Waals surface area contributed by atoms with Gasteiger partial charge in [0, 0.05) is 12.6 Å². The van der Waals surface area contributed by atoms with Gasteiger partial charge in [-0.05, 0) is 38.2 Å². The molecule has 1 fully saturated rings. The standard InChI is InChI=1S/C11H18N4O2S/c1-11(2,17)5-13-10-7(8(12)15-18-10)9(16)14-6-3-4-6/h6,13,17H,3-5H2,1-2H3,(H2,12,15)(H,14,16). The van der Waals surface area contributed by atoms with E-state index in [4.69, 9.17) is 5.73 Å². The molecular weight excluding hydrogens is 252 g/mol. The normalized spacial score (nSPS) is 15.5. The molecule has 0 unspecified atom stereocenters. The molecule has 7 heteroatoms. The predicted molar refractivity (Wildman–Crippen MR) is 71.8 cm³/mol. The second kappa shape index (κ2) is 4.74. The number of hydrogen-bond acceptors (Lipinski definition) is 6. The summed E-state index contributed by atoms with van der Waals surface area (Å²) in [6.45, 7) is 3.71. The molecule has 1 saturated carbocycles. The fraction of sp³-hybridized carbons (Fsp3) is 0.636. The number of nitrogens with two attached hydrogens (primary N) is 1. The summed E-state index contributed by atoms with van der Waals surface area (Å²) in [7, 11) is 0. The minimum Gasteiger partial charge on any atom is -0.389 e. The van der Waals surface area contributed by atoms with Gasteiger partial charge in [-0.25, -0.2) is 0 Å². The van der Waals surface area contributed by atoms with Crippen molar-refractivity contribution in [2.24, 2.45) is 0 Å². The number of nitrogens with one attached hydrogen (secondary N) is 2. The molecule has 0 aromatic carbocycles. The van der Waals surface area contributed by atoms with Gasteiger partial charge in [0.25, 0.3) is 5.91 Å². The van der Waals surface area contributed by atoms with Gasteiger partial charge in [-0.2, -0.15) is 4.37 Å². The molecule has 18 heavy (non-hydrogen) atoms. The van der Waals surface area contributed by atoms with Gasteiger partial charge in [-0.3, -0.25) is 4.79 Å². The maximum atomic E-state index is 12.0. The number of amides is 1. The Morgan fingerprint density at radius 3 is 2.83 bits per heavy atom. The molecule has 0 atom stereocenters. The van der Waals surface area contributed by atoms with E-state index in [2.05, 4.69) is 15.0 Å². The van der Waals surface area contributed by atoms with Crippen molar-refractivity contribution in [3.63, 3.8) is 0 Å². The summed E-state index contributed by atoms with van der Waals surface area (Å²) in [5.74, 6) is 0.0402. The fourth-order valence-corrected chi connectivity index (χ4v) is 2.13. The van der Waals surface area contributed by atoms with Gasteiger partial charge in [0.05, 0.1) is 5.60 Å². The van der Waals surface area contributed by atoms with Crippen molar-refractivity contribution >= 4 is 28.3 Å². The zero-order chi connectivity index (χ0) is 13.3. The minimum atomic E-state index is -0.858. The summed E-state index contributed by atoms with van der Waals surface area (Å²) >= 11 is 1.13. The molecule has 0 radical (unpaired) electrons. The van der Waals surface area contributed by atoms with Crippen LogP contribution in [-0.2, 0) is 0 Å². The van der Waals surface area contributed by atoms with Crippen molar-refractivity contribution in [1.29, 1.82) is 0 Å². The third-order valence-corrected chi connectivity index (χ3v) is 3.36. The minimum absolute atomic E-state index is 0.193. The smallest absolute Gasteiger partial charge is 0.258 e. The number of hydrogen-bond donors (Lipinski definition) is 4. The van der Waals surface area contributed by atoms with Gasteiger partial charge in [0.1, 0.15) is 10.6 Å². The van der Waals surface area contributed by atoms with Crippen LogP contribution in [0.25, 0.3) is 0 Å². The van der Waals surface area contributed by atoms with E-state index in [-0.39, 0.29) is 17.8 Å². The van der Waals surface area contributed by atoms with E-state index in [1.807, 2.05) is 0 Å². The summed E-state index contributed by atoms with van der Waals surface area (Å²) in [6.07, 6.45) is 2.05. The zero-order valence-electron chi connectivity index (χ0n) is 10.5. The molecular formula is C11H18N4O2S. The first-order valence-electron chi connectivity index (χ1n) is 5.89. The number of nitrogen functional groups attached to an aromatic ring is 1. The Bertz CT molecular complexity index is 448. The Morgan fingerprint density at radius 2 is 2.28 bits per heavy atom. The van der Waals surface area contributed by atoms with Crippen molar-refractivity contribution in [2.45, 2.75) is 38.3 Å². The summed E-state index contributed by atoms with van der Waals surface area (Å²) in [5.41, 5.74) is 5.24. The number of aromatic nitrogens is 1. The van der Waals surface area contributed by atoms with Crippen LogP contribution >= 0.6 is 11.5 Å². The number of anilines is 2. The van der Waals surface area contributed by atoms with E-state index in [0.717, 1.165) is 24.4 Å². The Kier molecular flexibility index (Phi) is 3.45. The van der Waals surface area contributed by atoms with E-state index in [9.17, 15) is 9.90 Å². The quantitative estimate of drug-likeness (QED) is 0.634. The van der Waals surface area contributed by atoms with Crippen LogP contribution < -0.4 is 16.4 Å². The van der Waals surface area contributed by atoms with Crippen LogP contribution in [0.5, 0.6) is 0 Å². The van der Waals surface area contributed by atoms with E-state index in [1.54, 1.807) is 13.8 Å². The van der Waals surface area contributed by atoms with Crippen molar-refractivity contribution in [2.75, 3.05) is 17.6 Å². The third kappa shape index (κ3) is 3.33. The van der Waals surface area contributed by atoms with Crippen molar-refractivity contribution < 1.29 is 9.90 Å². The Hall–Kier alpha value is -1.34. The number of nitrogens with zero attached hydrogens (tertiary/aromatic N) is 1. The average Bonchev–Trinajstić information content (AvgIpc) is 2.96. The van der Waals surface area contributed by atoms with Crippen LogP contribution in [0.2, 0.25) is 0 Å². The molecule has 0 aliphatic heterocycles. The van der Waals surface area contributed by atoms with Crippen LogP contribution in [0.15, 0.2) is 0 Å². The maximum absolute atomic E-state index is 12.0. The number of carbonyl (C=O) groups is 1. The Balaban J connectivity index is 2.08. The highest BCUT2D eigenvalue weighted by atomic mass is 32.1. The highest BCUT2D eigenvalue weighted by Crippen LogP contribution is 2.28.